The molecule has 3 saturated heterocycles. The van der Waals surface area contributed by atoms with Gasteiger partial charge in [-0.2, -0.15) is 23.5 Å². The van der Waals surface area contributed by atoms with E-state index in [1.165, 1.54) is 24.3 Å². The second kappa shape index (κ2) is 5.19. The summed E-state index contributed by atoms with van der Waals surface area (Å²) in [6.07, 6.45) is 5.49. The molecule has 0 aliphatic carbocycles. The molecule has 2 nitrogen and oxygen atoms in total. The van der Waals surface area contributed by atoms with Crippen molar-refractivity contribution < 1.29 is 9.84 Å². The number of hydrogen-bond acceptors (Lipinski definition) is 4. The molecule has 3 rings (SSSR count). The van der Waals surface area contributed by atoms with E-state index < -0.39 is 5.60 Å². The monoisotopic (exact) mass is 288 g/mol. The molecule has 0 saturated carbocycles. The fraction of sp³-hybridized carbons (Fsp3) is 1.00. The molecular weight excluding hydrogens is 264 g/mol. The summed E-state index contributed by atoms with van der Waals surface area (Å²) in [4.78, 5) is 0. The average molecular weight is 288 g/mol. The molecule has 0 aromatic rings. The normalized spacial score (nSPS) is 49.7. The van der Waals surface area contributed by atoms with Gasteiger partial charge < -0.3 is 9.84 Å². The maximum atomic E-state index is 11.1. The van der Waals surface area contributed by atoms with Crippen LogP contribution in [-0.4, -0.2) is 45.4 Å². The van der Waals surface area contributed by atoms with Gasteiger partial charge in [0.05, 0.1) is 11.2 Å². The fourth-order valence-electron chi connectivity index (χ4n) is 3.82. The van der Waals surface area contributed by atoms with E-state index in [0.717, 1.165) is 31.6 Å². The van der Waals surface area contributed by atoms with E-state index in [-0.39, 0.29) is 5.60 Å². The zero-order valence-electron chi connectivity index (χ0n) is 11.2. The number of thioether (sulfide) groups is 2. The van der Waals surface area contributed by atoms with Crippen LogP contribution in [0.3, 0.4) is 0 Å². The summed E-state index contributed by atoms with van der Waals surface area (Å²) >= 11 is 3.97. The highest BCUT2D eigenvalue weighted by molar-refractivity contribution is 8.00. The standard InChI is InChI=1S/C14H24O2S2/c1-11-14(15,4-2-7-18-11)12-3-6-16-13(9-12)5-8-17-10-13/h11-12,15H,2-10H2,1H3. The molecule has 3 heterocycles. The Labute approximate surface area is 119 Å². The molecular formula is C14H24O2S2. The van der Waals surface area contributed by atoms with E-state index in [9.17, 15) is 5.11 Å². The van der Waals surface area contributed by atoms with Gasteiger partial charge >= 0.3 is 0 Å². The topological polar surface area (TPSA) is 29.5 Å². The summed E-state index contributed by atoms with van der Waals surface area (Å²) in [7, 11) is 0. The van der Waals surface area contributed by atoms with Crippen molar-refractivity contribution in [2.75, 3.05) is 23.9 Å². The van der Waals surface area contributed by atoms with Gasteiger partial charge in [0.1, 0.15) is 0 Å². The summed E-state index contributed by atoms with van der Waals surface area (Å²) in [5.41, 5.74) is -0.335. The Morgan fingerprint density at radius 1 is 1.28 bits per heavy atom. The first-order chi connectivity index (χ1) is 8.65. The van der Waals surface area contributed by atoms with Crippen molar-refractivity contribution in [1.82, 2.24) is 0 Å². The van der Waals surface area contributed by atoms with Gasteiger partial charge in [-0.15, -0.1) is 0 Å². The lowest BCUT2D eigenvalue weighted by molar-refractivity contribution is -0.134. The number of aliphatic hydroxyl groups is 1. The lowest BCUT2D eigenvalue weighted by Crippen LogP contribution is -2.54. The first-order valence-corrected chi connectivity index (χ1v) is 9.41. The highest BCUT2D eigenvalue weighted by Crippen LogP contribution is 2.48. The predicted octanol–water partition coefficient (Wildman–Crippen LogP) is 2.94. The van der Waals surface area contributed by atoms with Gasteiger partial charge in [0, 0.05) is 17.6 Å². The largest absolute Gasteiger partial charge is 0.388 e. The molecule has 3 fully saturated rings. The van der Waals surface area contributed by atoms with Crippen LogP contribution in [0.5, 0.6) is 0 Å². The molecule has 4 atom stereocenters. The molecule has 1 N–H and O–H groups in total. The molecule has 3 aliphatic rings. The smallest absolute Gasteiger partial charge is 0.0793 e. The van der Waals surface area contributed by atoms with Gasteiger partial charge in [-0.05, 0) is 49.5 Å². The van der Waals surface area contributed by atoms with E-state index >= 15 is 0 Å². The number of hydrogen-bond donors (Lipinski definition) is 1. The van der Waals surface area contributed by atoms with Gasteiger partial charge in [-0.3, -0.25) is 0 Å². The van der Waals surface area contributed by atoms with Crippen molar-refractivity contribution >= 4 is 23.5 Å². The Hall–Kier alpha value is 0.620. The van der Waals surface area contributed by atoms with Gasteiger partial charge in [-0.1, -0.05) is 6.92 Å². The van der Waals surface area contributed by atoms with Gasteiger partial charge in [0.15, 0.2) is 0 Å². The molecule has 104 valence electrons. The third-order valence-electron chi connectivity index (χ3n) is 5.06. The van der Waals surface area contributed by atoms with Gasteiger partial charge in [-0.25, -0.2) is 0 Å². The lowest BCUT2D eigenvalue weighted by Gasteiger charge is -2.49. The minimum absolute atomic E-state index is 0.102. The van der Waals surface area contributed by atoms with Crippen molar-refractivity contribution in [2.24, 2.45) is 5.92 Å². The van der Waals surface area contributed by atoms with Crippen LogP contribution in [0.15, 0.2) is 0 Å². The Morgan fingerprint density at radius 3 is 2.89 bits per heavy atom. The molecule has 18 heavy (non-hydrogen) atoms. The average Bonchev–Trinajstić information content (AvgIpc) is 2.81. The third-order valence-corrected chi connectivity index (χ3v) is 7.72. The van der Waals surface area contributed by atoms with E-state index in [1.807, 2.05) is 23.5 Å². The molecule has 0 aromatic heterocycles. The minimum atomic E-state index is -0.438. The predicted molar refractivity (Wildman–Crippen MR) is 79.5 cm³/mol. The third kappa shape index (κ3) is 2.34. The molecule has 0 radical (unpaired) electrons. The summed E-state index contributed by atoms with van der Waals surface area (Å²) in [5.74, 6) is 4.04. The van der Waals surface area contributed by atoms with Gasteiger partial charge in [0.2, 0.25) is 0 Å². The highest BCUT2D eigenvalue weighted by atomic mass is 32.2. The number of ether oxygens (including phenoxy) is 1. The van der Waals surface area contributed by atoms with Crippen molar-refractivity contribution in [1.29, 1.82) is 0 Å². The molecule has 0 amide bonds. The molecule has 0 bridgehead atoms. The van der Waals surface area contributed by atoms with E-state index in [0.29, 0.717) is 11.2 Å². The molecule has 1 spiro atoms. The minimum Gasteiger partial charge on any atom is -0.388 e. The van der Waals surface area contributed by atoms with Crippen molar-refractivity contribution in [3.8, 4) is 0 Å². The van der Waals surface area contributed by atoms with E-state index in [2.05, 4.69) is 6.92 Å². The van der Waals surface area contributed by atoms with Crippen LogP contribution in [0.2, 0.25) is 0 Å². The summed E-state index contributed by atoms with van der Waals surface area (Å²) in [5, 5.41) is 11.5. The van der Waals surface area contributed by atoms with Gasteiger partial charge in [0.25, 0.3) is 0 Å². The number of rotatable bonds is 1. The fourth-order valence-corrected chi connectivity index (χ4v) is 6.46. The van der Waals surface area contributed by atoms with Crippen LogP contribution in [0, 0.1) is 5.92 Å². The van der Waals surface area contributed by atoms with Crippen LogP contribution >= 0.6 is 23.5 Å². The molecule has 3 aliphatic heterocycles. The maximum absolute atomic E-state index is 11.1. The molecule has 0 aromatic carbocycles. The van der Waals surface area contributed by atoms with Crippen molar-refractivity contribution in [3.63, 3.8) is 0 Å². The van der Waals surface area contributed by atoms with Crippen LogP contribution in [0.25, 0.3) is 0 Å². The van der Waals surface area contributed by atoms with E-state index in [4.69, 9.17) is 4.74 Å². The second-order valence-corrected chi connectivity index (χ2v) is 8.69. The summed E-state index contributed by atoms with van der Waals surface area (Å²) < 4.78 is 6.09. The lowest BCUT2D eigenvalue weighted by atomic mass is 9.72. The zero-order chi connectivity index (χ0) is 12.6. The van der Waals surface area contributed by atoms with Crippen LogP contribution in [0.4, 0.5) is 0 Å². The Balaban J connectivity index is 1.74. The molecule has 4 unspecified atom stereocenters. The zero-order valence-corrected chi connectivity index (χ0v) is 12.8. The Morgan fingerprint density at radius 2 is 2.17 bits per heavy atom. The second-order valence-electron chi connectivity index (χ2n) is 6.13. The van der Waals surface area contributed by atoms with Crippen LogP contribution in [0.1, 0.15) is 39.0 Å². The first kappa shape index (κ1) is 13.6. The van der Waals surface area contributed by atoms with Crippen LogP contribution in [-0.2, 0) is 4.74 Å². The SMILES string of the molecule is CC1SCCCC1(O)C1CCOC2(CCSC2)C1. The Kier molecular flexibility index (Phi) is 3.92. The summed E-state index contributed by atoms with van der Waals surface area (Å²) in [6.45, 7) is 3.07. The summed E-state index contributed by atoms with van der Waals surface area (Å²) in [6, 6.07) is 0. The quantitative estimate of drug-likeness (QED) is 0.803. The van der Waals surface area contributed by atoms with Crippen molar-refractivity contribution in [2.45, 2.75) is 55.5 Å². The molecule has 4 heteroatoms. The Bertz CT molecular complexity index is 304. The van der Waals surface area contributed by atoms with Crippen molar-refractivity contribution in [3.05, 3.63) is 0 Å². The maximum Gasteiger partial charge on any atom is 0.0793 e. The van der Waals surface area contributed by atoms with E-state index in [1.54, 1.807) is 0 Å². The highest BCUT2D eigenvalue weighted by Gasteiger charge is 2.50. The first-order valence-electron chi connectivity index (χ1n) is 7.20. The van der Waals surface area contributed by atoms with Crippen LogP contribution < -0.4 is 0 Å².